The molecule has 3 fully saturated rings. The summed E-state index contributed by atoms with van der Waals surface area (Å²) >= 11 is 6.11. The summed E-state index contributed by atoms with van der Waals surface area (Å²) < 4.78 is 5.74. The second-order valence-corrected chi connectivity index (χ2v) is 5.87. The lowest BCUT2D eigenvalue weighted by molar-refractivity contribution is -0.0393. The van der Waals surface area contributed by atoms with Crippen LogP contribution < -0.4 is 0 Å². The second-order valence-electron chi connectivity index (χ2n) is 5.46. The molecular formula is C15H18ClNO2. The molecule has 0 aliphatic carbocycles. The van der Waals surface area contributed by atoms with Gasteiger partial charge in [-0.2, -0.15) is 0 Å². The lowest BCUT2D eigenvalue weighted by atomic mass is 10.1. The van der Waals surface area contributed by atoms with Crippen molar-refractivity contribution >= 4 is 17.5 Å². The summed E-state index contributed by atoms with van der Waals surface area (Å²) in [5.74, 6) is 0.0853. The molecule has 0 aromatic heterocycles. The fraction of sp³-hybridized carbons (Fsp3) is 0.533. The van der Waals surface area contributed by atoms with E-state index < -0.39 is 0 Å². The van der Waals surface area contributed by atoms with Crippen LogP contribution in [-0.2, 0) is 4.74 Å². The molecule has 3 nitrogen and oxygen atoms in total. The highest BCUT2D eigenvalue weighted by atomic mass is 35.5. The van der Waals surface area contributed by atoms with Gasteiger partial charge < -0.3 is 9.64 Å². The van der Waals surface area contributed by atoms with Crippen molar-refractivity contribution in [2.75, 3.05) is 13.2 Å². The van der Waals surface area contributed by atoms with Gasteiger partial charge >= 0.3 is 0 Å². The number of ether oxygens (including phenoxy) is 1. The first kappa shape index (κ1) is 12.9. The van der Waals surface area contributed by atoms with Gasteiger partial charge in [0.2, 0.25) is 0 Å². The number of rotatable bonds is 1. The molecule has 3 aliphatic rings. The molecule has 2 atom stereocenters. The van der Waals surface area contributed by atoms with Gasteiger partial charge in [0.05, 0.1) is 18.8 Å². The smallest absolute Gasteiger partial charge is 0.254 e. The Morgan fingerprint density at radius 3 is 3.05 bits per heavy atom. The lowest BCUT2D eigenvalue weighted by Crippen LogP contribution is -2.50. The summed E-state index contributed by atoms with van der Waals surface area (Å²) in [7, 11) is 0. The van der Waals surface area contributed by atoms with E-state index in [9.17, 15) is 4.79 Å². The van der Waals surface area contributed by atoms with Crippen LogP contribution >= 0.6 is 11.6 Å². The first-order valence-electron chi connectivity index (χ1n) is 6.84. The lowest BCUT2D eigenvalue weighted by Gasteiger charge is -2.36. The van der Waals surface area contributed by atoms with E-state index in [-0.39, 0.29) is 18.1 Å². The molecule has 1 aromatic rings. The zero-order valence-electron chi connectivity index (χ0n) is 11.1. The predicted molar refractivity (Wildman–Crippen MR) is 74.6 cm³/mol. The van der Waals surface area contributed by atoms with E-state index in [0.717, 1.165) is 31.4 Å². The van der Waals surface area contributed by atoms with Gasteiger partial charge in [-0.05, 0) is 43.9 Å². The number of benzene rings is 1. The number of hydrogen-bond donors (Lipinski definition) is 0. The van der Waals surface area contributed by atoms with Crippen LogP contribution in [0.15, 0.2) is 18.2 Å². The van der Waals surface area contributed by atoms with Crippen LogP contribution in [0.1, 0.15) is 35.2 Å². The van der Waals surface area contributed by atoms with Gasteiger partial charge in [-0.3, -0.25) is 4.79 Å². The Kier molecular flexibility index (Phi) is 3.50. The number of hydrogen-bond acceptors (Lipinski definition) is 2. The first-order chi connectivity index (χ1) is 9.15. The van der Waals surface area contributed by atoms with E-state index in [1.807, 2.05) is 24.0 Å². The minimum atomic E-state index is 0.0853. The van der Waals surface area contributed by atoms with Crippen LogP contribution in [0.5, 0.6) is 0 Å². The Morgan fingerprint density at radius 1 is 1.42 bits per heavy atom. The third-order valence-electron chi connectivity index (χ3n) is 4.11. The predicted octanol–water partition coefficient (Wildman–Crippen LogP) is 3.04. The monoisotopic (exact) mass is 279 g/mol. The van der Waals surface area contributed by atoms with Gasteiger partial charge in [0.25, 0.3) is 5.91 Å². The standard InChI is InChI=1S/C15H18ClNO2/c1-10-5-6-11(7-14(10)16)15(18)17-8-13-4-2-3-12(17)9-19-13/h5-7,12-13H,2-4,8-9H2,1H3. The second kappa shape index (κ2) is 5.14. The van der Waals surface area contributed by atoms with Crippen LogP contribution in [0.2, 0.25) is 5.02 Å². The Bertz CT molecular complexity index is 499. The van der Waals surface area contributed by atoms with Crippen LogP contribution in [0.4, 0.5) is 0 Å². The third kappa shape index (κ3) is 2.49. The molecule has 3 aliphatic heterocycles. The quantitative estimate of drug-likeness (QED) is 0.791. The molecule has 4 heteroatoms. The highest BCUT2D eigenvalue weighted by Gasteiger charge is 2.35. The average Bonchev–Trinajstić information content (AvgIpc) is 2.76. The SMILES string of the molecule is Cc1ccc(C(=O)N2CC3CCCC2CO3)cc1Cl. The molecule has 0 saturated carbocycles. The van der Waals surface area contributed by atoms with Gasteiger partial charge in [-0.25, -0.2) is 0 Å². The van der Waals surface area contributed by atoms with E-state index in [1.54, 1.807) is 6.07 Å². The maximum Gasteiger partial charge on any atom is 0.254 e. The summed E-state index contributed by atoms with van der Waals surface area (Å²) in [4.78, 5) is 14.6. The molecule has 19 heavy (non-hydrogen) atoms. The Labute approximate surface area is 118 Å². The molecule has 0 N–H and O–H groups in total. The number of morpholine rings is 1. The molecular weight excluding hydrogens is 262 g/mol. The fourth-order valence-electron chi connectivity index (χ4n) is 2.89. The number of amides is 1. The van der Waals surface area contributed by atoms with Crippen molar-refractivity contribution in [2.45, 2.75) is 38.3 Å². The largest absolute Gasteiger partial charge is 0.374 e. The van der Waals surface area contributed by atoms with Crippen LogP contribution in [-0.4, -0.2) is 36.1 Å². The van der Waals surface area contributed by atoms with Gasteiger partial charge in [-0.15, -0.1) is 0 Å². The van der Waals surface area contributed by atoms with E-state index in [2.05, 4.69) is 0 Å². The average molecular weight is 280 g/mol. The van der Waals surface area contributed by atoms with Gasteiger partial charge in [0.1, 0.15) is 0 Å². The Hall–Kier alpha value is -1.06. The molecule has 3 saturated heterocycles. The summed E-state index contributed by atoms with van der Waals surface area (Å²) in [5.41, 5.74) is 1.68. The summed E-state index contributed by atoms with van der Waals surface area (Å²) in [6.45, 7) is 3.34. The van der Waals surface area contributed by atoms with Crippen molar-refractivity contribution < 1.29 is 9.53 Å². The maximum atomic E-state index is 12.6. The molecule has 2 bridgehead atoms. The fourth-order valence-corrected chi connectivity index (χ4v) is 3.07. The highest BCUT2D eigenvalue weighted by Crippen LogP contribution is 2.27. The molecule has 4 rings (SSSR count). The number of aryl methyl sites for hydroxylation is 1. The van der Waals surface area contributed by atoms with Crippen molar-refractivity contribution in [1.29, 1.82) is 0 Å². The molecule has 1 aromatic carbocycles. The van der Waals surface area contributed by atoms with Crippen LogP contribution in [0.3, 0.4) is 0 Å². The van der Waals surface area contributed by atoms with Crippen molar-refractivity contribution in [3.8, 4) is 0 Å². The number of nitrogens with zero attached hydrogens (tertiary/aromatic N) is 1. The molecule has 1 amide bonds. The molecule has 3 heterocycles. The van der Waals surface area contributed by atoms with Crippen LogP contribution in [0, 0.1) is 6.92 Å². The van der Waals surface area contributed by atoms with Crippen molar-refractivity contribution in [3.63, 3.8) is 0 Å². The van der Waals surface area contributed by atoms with Crippen molar-refractivity contribution in [2.24, 2.45) is 0 Å². The van der Waals surface area contributed by atoms with Crippen molar-refractivity contribution in [1.82, 2.24) is 4.90 Å². The highest BCUT2D eigenvalue weighted by molar-refractivity contribution is 6.31. The summed E-state index contributed by atoms with van der Waals surface area (Å²) in [5, 5.41) is 0.655. The zero-order chi connectivity index (χ0) is 13.4. The van der Waals surface area contributed by atoms with Crippen molar-refractivity contribution in [3.05, 3.63) is 34.3 Å². The van der Waals surface area contributed by atoms with E-state index in [0.29, 0.717) is 17.2 Å². The Balaban J connectivity index is 1.85. The van der Waals surface area contributed by atoms with E-state index >= 15 is 0 Å². The first-order valence-corrected chi connectivity index (χ1v) is 7.21. The van der Waals surface area contributed by atoms with E-state index in [4.69, 9.17) is 16.3 Å². The molecule has 102 valence electrons. The minimum absolute atomic E-state index is 0.0853. The minimum Gasteiger partial charge on any atom is -0.374 e. The van der Waals surface area contributed by atoms with Gasteiger partial charge in [0.15, 0.2) is 0 Å². The number of carbonyl (C=O) groups excluding carboxylic acids is 1. The normalized spacial score (nSPS) is 26.3. The molecule has 0 radical (unpaired) electrons. The molecule has 0 spiro atoms. The van der Waals surface area contributed by atoms with Gasteiger partial charge in [0, 0.05) is 17.1 Å². The number of carbonyl (C=O) groups is 1. The topological polar surface area (TPSA) is 29.5 Å². The number of fused-ring (bicyclic) bond motifs is 4. The molecule has 2 unspecified atom stereocenters. The third-order valence-corrected chi connectivity index (χ3v) is 4.52. The van der Waals surface area contributed by atoms with E-state index in [1.165, 1.54) is 0 Å². The Morgan fingerprint density at radius 2 is 2.26 bits per heavy atom. The maximum absolute atomic E-state index is 12.6. The summed E-state index contributed by atoms with van der Waals surface area (Å²) in [6, 6.07) is 5.77. The van der Waals surface area contributed by atoms with Gasteiger partial charge in [-0.1, -0.05) is 17.7 Å². The summed E-state index contributed by atoms with van der Waals surface area (Å²) in [6.07, 6.45) is 3.47. The van der Waals surface area contributed by atoms with Crippen LogP contribution in [0.25, 0.3) is 0 Å². The number of halogens is 1. The zero-order valence-corrected chi connectivity index (χ0v) is 11.8.